The van der Waals surface area contributed by atoms with Crippen molar-refractivity contribution in [1.29, 1.82) is 0 Å². The van der Waals surface area contributed by atoms with Crippen LogP contribution in [0.5, 0.6) is 0 Å². The molecule has 2 heterocycles. The molecule has 0 bridgehead atoms. The molecule has 1 saturated heterocycles. The van der Waals surface area contributed by atoms with Gasteiger partial charge in [0.05, 0.1) is 5.52 Å². The number of H-pyrrole nitrogens is 1. The van der Waals surface area contributed by atoms with Crippen LogP contribution in [0.15, 0.2) is 60.7 Å². The molecular weight excluding hydrogens is 417 g/mol. The van der Waals surface area contributed by atoms with E-state index < -0.39 is 5.91 Å². The summed E-state index contributed by atoms with van der Waals surface area (Å²) in [6.07, 6.45) is 0.616. The zero-order chi connectivity index (χ0) is 22.9. The van der Waals surface area contributed by atoms with E-state index in [0.717, 1.165) is 65.2 Å². The molecule has 1 amide bonds. The standard InChI is InChI=1S/C26H26FN5O/c1-31-9-11-32(12-10-31)24-8-6-19(26(28)33)16-22(24)25-21-15-18(5-7-23(21)29-30-25)13-17-3-2-4-20(27)14-17/h2-8,14-16H,9-13H2,1H3,(H2,28,33)(H,29,30). The third kappa shape index (κ3) is 4.32. The number of hydrogen-bond acceptors (Lipinski definition) is 4. The van der Waals surface area contributed by atoms with E-state index in [1.165, 1.54) is 6.07 Å². The fourth-order valence-corrected chi connectivity index (χ4v) is 4.46. The van der Waals surface area contributed by atoms with Gasteiger partial charge in [0.25, 0.3) is 0 Å². The number of benzene rings is 3. The number of nitrogens with one attached hydrogen (secondary N) is 1. The Morgan fingerprint density at radius 1 is 1.03 bits per heavy atom. The van der Waals surface area contributed by atoms with Crippen LogP contribution in [0.4, 0.5) is 10.1 Å². The highest BCUT2D eigenvalue weighted by Crippen LogP contribution is 2.36. The van der Waals surface area contributed by atoms with Gasteiger partial charge in [0, 0.05) is 48.4 Å². The summed E-state index contributed by atoms with van der Waals surface area (Å²) < 4.78 is 13.6. The number of aromatic amines is 1. The smallest absolute Gasteiger partial charge is 0.248 e. The maximum atomic E-state index is 13.6. The highest BCUT2D eigenvalue weighted by Gasteiger charge is 2.21. The number of piperazine rings is 1. The largest absolute Gasteiger partial charge is 0.368 e. The van der Waals surface area contributed by atoms with E-state index in [-0.39, 0.29) is 5.82 Å². The van der Waals surface area contributed by atoms with Crippen LogP contribution in [-0.4, -0.2) is 54.2 Å². The van der Waals surface area contributed by atoms with Gasteiger partial charge in [-0.2, -0.15) is 5.10 Å². The number of aromatic nitrogens is 2. The Balaban J connectivity index is 1.59. The van der Waals surface area contributed by atoms with Crippen LogP contribution >= 0.6 is 0 Å². The molecule has 33 heavy (non-hydrogen) atoms. The molecule has 0 aliphatic carbocycles. The second kappa shape index (κ2) is 8.67. The molecule has 1 aliphatic heterocycles. The molecule has 0 spiro atoms. The monoisotopic (exact) mass is 443 g/mol. The van der Waals surface area contributed by atoms with Gasteiger partial charge >= 0.3 is 0 Å². The molecule has 168 valence electrons. The topological polar surface area (TPSA) is 78.2 Å². The molecule has 3 aromatic carbocycles. The van der Waals surface area contributed by atoms with E-state index >= 15 is 0 Å². The number of primary amides is 1. The lowest BCUT2D eigenvalue weighted by Crippen LogP contribution is -2.44. The molecule has 1 fully saturated rings. The Morgan fingerprint density at radius 3 is 2.58 bits per heavy atom. The summed E-state index contributed by atoms with van der Waals surface area (Å²) in [5.41, 5.74) is 11.6. The molecule has 0 atom stereocenters. The Morgan fingerprint density at radius 2 is 1.82 bits per heavy atom. The highest BCUT2D eigenvalue weighted by molar-refractivity contribution is 6.00. The Hall–Kier alpha value is -3.71. The van der Waals surface area contributed by atoms with E-state index in [9.17, 15) is 9.18 Å². The Labute approximate surface area is 191 Å². The molecule has 4 aromatic rings. The molecule has 1 aliphatic rings. The molecule has 0 unspecified atom stereocenters. The molecule has 0 saturated carbocycles. The van der Waals surface area contributed by atoms with Crippen molar-refractivity contribution in [2.45, 2.75) is 6.42 Å². The van der Waals surface area contributed by atoms with Gasteiger partial charge < -0.3 is 15.5 Å². The van der Waals surface area contributed by atoms with Crippen LogP contribution in [0, 0.1) is 5.82 Å². The summed E-state index contributed by atoms with van der Waals surface area (Å²) in [5, 5.41) is 8.70. The first-order chi connectivity index (χ1) is 16.0. The van der Waals surface area contributed by atoms with Crippen molar-refractivity contribution in [3.63, 3.8) is 0 Å². The second-order valence-electron chi connectivity index (χ2n) is 8.65. The first-order valence-corrected chi connectivity index (χ1v) is 11.1. The lowest BCUT2D eigenvalue weighted by Gasteiger charge is -2.35. The van der Waals surface area contributed by atoms with Gasteiger partial charge in [0.15, 0.2) is 0 Å². The average Bonchev–Trinajstić information content (AvgIpc) is 3.22. The first-order valence-electron chi connectivity index (χ1n) is 11.1. The lowest BCUT2D eigenvalue weighted by atomic mass is 9.98. The van der Waals surface area contributed by atoms with Crippen molar-refractivity contribution in [2.75, 3.05) is 38.1 Å². The summed E-state index contributed by atoms with van der Waals surface area (Å²) in [7, 11) is 2.12. The highest BCUT2D eigenvalue weighted by atomic mass is 19.1. The van der Waals surface area contributed by atoms with E-state index in [4.69, 9.17) is 5.73 Å². The quantitative estimate of drug-likeness (QED) is 0.492. The van der Waals surface area contributed by atoms with Crippen LogP contribution in [0.1, 0.15) is 21.5 Å². The minimum Gasteiger partial charge on any atom is -0.368 e. The van der Waals surface area contributed by atoms with Gasteiger partial charge in [-0.15, -0.1) is 0 Å². The number of fused-ring (bicyclic) bond motifs is 1. The predicted molar refractivity (Wildman–Crippen MR) is 129 cm³/mol. The third-order valence-electron chi connectivity index (χ3n) is 6.30. The van der Waals surface area contributed by atoms with Crippen molar-refractivity contribution >= 4 is 22.5 Å². The van der Waals surface area contributed by atoms with Crippen molar-refractivity contribution in [3.05, 3.63) is 83.2 Å². The van der Waals surface area contributed by atoms with Crippen LogP contribution in [0.3, 0.4) is 0 Å². The number of nitrogens with two attached hydrogens (primary N) is 1. The molecule has 5 rings (SSSR count). The zero-order valence-corrected chi connectivity index (χ0v) is 18.5. The van der Waals surface area contributed by atoms with Gasteiger partial charge in [-0.1, -0.05) is 18.2 Å². The number of amides is 1. The minimum absolute atomic E-state index is 0.238. The summed E-state index contributed by atoms with van der Waals surface area (Å²) in [5.74, 6) is -0.703. The minimum atomic E-state index is -0.465. The third-order valence-corrected chi connectivity index (χ3v) is 6.30. The number of carbonyl (C=O) groups is 1. The van der Waals surface area contributed by atoms with Crippen LogP contribution < -0.4 is 10.6 Å². The maximum Gasteiger partial charge on any atom is 0.248 e. The number of carbonyl (C=O) groups excluding carboxylic acids is 1. The molecule has 6 nitrogen and oxygen atoms in total. The van der Waals surface area contributed by atoms with Crippen molar-refractivity contribution in [2.24, 2.45) is 5.73 Å². The fourth-order valence-electron chi connectivity index (χ4n) is 4.46. The normalized spacial score (nSPS) is 14.7. The van der Waals surface area contributed by atoms with Crippen molar-refractivity contribution in [3.8, 4) is 11.3 Å². The Kier molecular flexibility index (Phi) is 5.56. The van der Waals surface area contributed by atoms with Crippen molar-refractivity contribution in [1.82, 2.24) is 15.1 Å². The van der Waals surface area contributed by atoms with Gasteiger partial charge in [-0.25, -0.2) is 4.39 Å². The van der Waals surface area contributed by atoms with Crippen LogP contribution in [-0.2, 0) is 6.42 Å². The van der Waals surface area contributed by atoms with E-state index in [1.807, 2.05) is 30.3 Å². The average molecular weight is 444 g/mol. The number of likely N-dealkylation sites (N-methyl/N-ethyl adjacent to an activating group) is 1. The van der Waals surface area contributed by atoms with Gasteiger partial charge in [0.2, 0.25) is 5.91 Å². The molecular formula is C26H26FN5O. The van der Waals surface area contributed by atoms with Crippen molar-refractivity contribution < 1.29 is 9.18 Å². The summed E-state index contributed by atoms with van der Waals surface area (Å²) in [4.78, 5) is 16.6. The maximum absolute atomic E-state index is 13.6. The first kappa shape index (κ1) is 21.2. The summed E-state index contributed by atoms with van der Waals surface area (Å²) in [6, 6.07) is 18.4. The van der Waals surface area contributed by atoms with Gasteiger partial charge in [-0.05, 0) is 67.1 Å². The Bertz CT molecular complexity index is 1320. The van der Waals surface area contributed by atoms with E-state index in [0.29, 0.717) is 12.0 Å². The van der Waals surface area contributed by atoms with Gasteiger partial charge in [0.1, 0.15) is 11.5 Å². The number of halogens is 1. The molecule has 3 N–H and O–H groups in total. The summed E-state index contributed by atoms with van der Waals surface area (Å²) in [6.45, 7) is 3.73. The number of nitrogens with zero attached hydrogens (tertiary/aromatic N) is 3. The van der Waals surface area contributed by atoms with Crippen LogP contribution in [0.2, 0.25) is 0 Å². The molecule has 7 heteroatoms. The second-order valence-corrected chi connectivity index (χ2v) is 8.65. The summed E-state index contributed by atoms with van der Waals surface area (Å²) >= 11 is 0. The fraction of sp³-hybridized carbons (Fsp3) is 0.231. The zero-order valence-electron chi connectivity index (χ0n) is 18.5. The van der Waals surface area contributed by atoms with E-state index in [2.05, 4.69) is 33.1 Å². The van der Waals surface area contributed by atoms with Crippen LogP contribution in [0.25, 0.3) is 22.2 Å². The molecule has 1 aromatic heterocycles. The number of hydrogen-bond donors (Lipinski definition) is 2. The molecule has 0 radical (unpaired) electrons. The SMILES string of the molecule is CN1CCN(c2ccc(C(N)=O)cc2-c2n[nH]c3ccc(Cc4cccc(F)c4)cc23)CC1. The van der Waals surface area contributed by atoms with Gasteiger partial charge in [-0.3, -0.25) is 9.89 Å². The van der Waals surface area contributed by atoms with E-state index in [1.54, 1.807) is 18.2 Å². The lowest BCUT2D eigenvalue weighted by molar-refractivity contribution is 0.100. The number of rotatable bonds is 5. The predicted octanol–water partition coefficient (Wildman–Crippen LogP) is 3.81. The number of anilines is 1.